The molecular weight excluding hydrogens is 353 g/mol. The SMILES string of the molecule is Cc1nc(COc2ccc(C(=O)OCc3cc(C#N)ccc3F)cc2)no1. The third kappa shape index (κ3) is 4.67. The Morgan fingerprint density at radius 3 is 2.67 bits per heavy atom. The van der Waals surface area contributed by atoms with Crippen molar-refractivity contribution in [1.82, 2.24) is 10.1 Å². The highest BCUT2D eigenvalue weighted by Crippen LogP contribution is 2.16. The number of benzene rings is 2. The van der Waals surface area contributed by atoms with E-state index in [-0.39, 0.29) is 24.3 Å². The standard InChI is InChI=1S/C19H14FN3O4/c1-12-22-18(23-27-12)11-25-16-5-3-14(4-6-16)19(24)26-10-15-8-13(9-21)2-7-17(15)20/h2-8H,10-11H2,1H3. The van der Waals surface area contributed by atoms with E-state index in [4.69, 9.17) is 19.3 Å². The molecule has 0 unspecified atom stereocenters. The number of aromatic nitrogens is 2. The van der Waals surface area contributed by atoms with E-state index in [0.29, 0.717) is 23.0 Å². The molecule has 0 aliphatic rings. The Hall–Kier alpha value is -3.73. The molecule has 0 amide bonds. The minimum absolute atomic E-state index is 0.135. The molecular formula is C19H14FN3O4. The number of nitriles is 1. The number of carbonyl (C=O) groups excluding carboxylic acids is 1. The van der Waals surface area contributed by atoms with Crippen molar-refractivity contribution in [2.75, 3.05) is 0 Å². The Balaban J connectivity index is 1.56. The summed E-state index contributed by atoms with van der Waals surface area (Å²) in [6.07, 6.45) is 0. The molecule has 0 aliphatic carbocycles. The quantitative estimate of drug-likeness (QED) is 0.616. The number of aryl methyl sites for hydroxylation is 1. The summed E-state index contributed by atoms with van der Waals surface area (Å²) in [6.45, 7) is 1.55. The van der Waals surface area contributed by atoms with Gasteiger partial charge in [0.05, 0.1) is 17.2 Å². The molecule has 3 aromatic rings. The van der Waals surface area contributed by atoms with Gasteiger partial charge in [0.15, 0.2) is 6.61 Å². The van der Waals surface area contributed by atoms with E-state index in [0.717, 1.165) is 0 Å². The van der Waals surface area contributed by atoms with Crippen LogP contribution in [-0.4, -0.2) is 16.1 Å². The van der Waals surface area contributed by atoms with Crippen molar-refractivity contribution in [3.8, 4) is 11.8 Å². The van der Waals surface area contributed by atoms with Crippen LogP contribution in [-0.2, 0) is 18.0 Å². The molecule has 2 aromatic carbocycles. The zero-order valence-corrected chi connectivity index (χ0v) is 14.3. The second kappa shape index (κ2) is 8.10. The maximum absolute atomic E-state index is 13.7. The smallest absolute Gasteiger partial charge is 0.338 e. The van der Waals surface area contributed by atoms with Crippen LogP contribution in [0.1, 0.15) is 33.2 Å². The zero-order chi connectivity index (χ0) is 19.2. The molecule has 0 N–H and O–H groups in total. The normalized spacial score (nSPS) is 10.3. The molecule has 0 saturated carbocycles. The maximum atomic E-state index is 13.7. The van der Waals surface area contributed by atoms with E-state index in [1.807, 2.05) is 6.07 Å². The predicted octanol–water partition coefficient (Wildman–Crippen LogP) is 3.32. The van der Waals surface area contributed by atoms with Gasteiger partial charge in [0.1, 0.15) is 18.2 Å². The molecule has 136 valence electrons. The third-order valence-corrected chi connectivity index (χ3v) is 3.56. The summed E-state index contributed by atoms with van der Waals surface area (Å²) in [5.41, 5.74) is 0.716. The summed E-state index contributed by atoms with van der Waals surface area (Å²) in [5.74, 6) is 0.224. The first-order valence-corrected chi connectivity index (χ1v) is 7.93. The summed E-state index contributed by atoms with van der Waals surface area (Å²) < 4.78 is 29.1. The molecule has 0 atom stereocenters. The van der Waals surface area contributed by atoms with Crippen LogP contribution in [0.15, 0.2) is 47.0 Å². The molecule has 0 spiro atoms. The first-order chi connectivity index (χ1) is 13.0. The molecule has 8 heteroatoms. The lowest BCUT2D eigenvalue weighted by molar-refractivity contribution is 0.0469. The van der Waals surface area contributed by atoms with Crippen molar-refractivity contribution in [1.29, 1.82) is 5.26 Å². The molecule has 0 saturated heterocycles. The number of hydrogen-bond acceptors (Lipinski definition) is 7. The largest absolute Gasteiger partial charge is 0.485 e. The monoisotopic (exact) mass is 367 g/mol. The predicted molar refractivity (Wildman–Crippen MR) is 90.0 cm³/mol. The van der Waals surface area contributed by atoms with Crippen molar-refractivity contribution >= 4 is 5.97 Å². The summed E-state index contributed by atoms with van der Waals surface area (Å²) in [5, 5.41) is 12.6. The molecule has 1 aromatic heterocycles. The fourth-order valence-electron chi connectivity index (χ4n) is 2.22. The number of nitrogens with zero attached hydrogens (tertiary/aromatic N) is 3. The number of hydrogen-bond donors (Lipinski definition) is 0. The van der Waals surface area contributed by atoms with Gasteiger partial charge in [-0.3, -0.25) is 0 Å². The van der Waals surface area contributed by atoms with Crippen LogP contribution in [0.5, 0.6) is 5.75 Å². The molecule has 0 bridgehead atoms. The Morgan fingerprint density at radius 2 is 2.00 bits per heavy atom. The lowest BCUT2D eigenvalue weighted by atomic mass is 10.1. The number of esters is 1. The molecule has 3 rings (SSSR count). The fraction of sp³-hybridized carbons (Fsp3) is 0.158. The van der Waals surface area contributed by atoms with E-state index in [2.05, 4.69) is 10.1 Å². The Morgan fingerprint density at radius 1 is 1.22 bits per heavy atom. The second-order valence-corrected chi connectivity index (χ2v) is 5.54. The highest BCUT2D eigenvalue weighted by Gasteiger charge is 2.11. The average molecular weight is 367 g/mol. The summed E-state index contributed by atoms with van der Waals surface area (Å²) in [7, 11) is 0. The number of ether oxygens (including phenoxy) is 2. The topological polar surface area (TPSA) is 98.2 Å². The molecule has 7 nitrogen and oxygen atoms in total. The van der Waals surface area contributed by atoms with Crippen LogP contribution >= 0.6 is 0 Å². The molecule has 0 fully saturated rings. The minimum atomic E-state index is -0.614. The highest BCUT2D eigenvalue weighted by molar-refractivity contribution is 5.89. The van der Waals surface area contributed by atoms with Crippen molar-refractivity contribution < 1.29 is 23.2 Å². The Labute approximate surface area is 154 Å². The first-order valence-electron chi connectivity index (χ1n) is 7.93. The van der Waals surface area contributed by atoms with E-state index in [1.165, 1.54) is 30.3 Å². The lowest BCUT2D eigenvalue weighted by Gasteiger charge is -2.07. The van der Waals surface area contributed by atoms with Crippen LogP contribution < -0.4 is 4.74 Å². The van der Waals surface area contributed by atoms with E-state index >= 15 is 0 Å². The molecule has 0 radical (unpaired) electrons. The van der Waals surface area contributed by atoms with Gasteiger partial charge in [0.2, 0.25) is 11.7 Å². The molecule has 27 heavy (non-hydrogen) atoms. The fourth-order valence-corrected chi connectivity index (χ4v) is 2.22. The van der Waals surface area contributed by atoms with E-state index in [1.54, 1.807) is 19.1 Å². The second-order valence-electron chi connectivity index (χ2n) is 5.54. The van der Waals surface area contributed by atoms with Gasteiger partial charge in [-0.05, 0) is 42.5 Å². The third-order valence-electron chi connectivity index (χ3n) is 3.56. The van der Waals surface area contributed by atoms with Crippen molar-refractivity contribution in [3.05, 3.63) is 76.7 Å². The lowest BCUT2D eigenvalue weighted by Crippen LogP contribution is -2.06. The van der Waals surface area contributed by atoms with Gasteiger partial charge in [0.25, 0.3) is 0 Å². The van der Waals surface area contributed by atoms with Crippen LogP contribution in [0.3, 0.4) is 0 Å². The van der Waals surface area contributed by atoms with Gasteiger partial charge in [-0.25, -0.2) is 9.18 Å². The van der Waals surface area contributed by atoms with Gasteiger partial charge in [-0.15, -0.1) is 0 Å². The zero-order valence-electron chi connectivity index (χ0n) is 14.3. The van der Waals surface area contributed by atoms with Crippen molar-refractivity contribution in [2.45, 2.75) is 20.1 Å². The summed E-state index contributed by atoms with van der Waals surface area (Å²) >= 11 is 0. The van der Waals surface area contributed by atoms with Gasteiger partial charge in [0, 0.05) is 12.5 Å². The van der Waals surface area contributed by atoms with E-state index < -0.39 is 11.8 Å². The Bertz CT molecular complexity index is 993. The number of halogens is 1. The van der Waals surface area contributed by atoms with Crippen molar-refractivity contribution in [3.63, 3.8) is 0 Å². The summed E-state index contributed by atoms with van der Waals surface area (Å²) in [4.78, 5) is 16.1. The molecule has 0 aliphatic heterocycles. The Kier molecular flexibility index (Phi) is 5.42. The molecule has 1 heterocycles. The van der Waals surface area contributed by atoms with E-state index in [9.17, 15) is 9.18 Å². The van der Waals surface area contributed by atoms with Gasteiger partial charge in [-0.2, -0.15) is 10.2 Å². The van der Waals surface area contributed by atoms with Gasteiger partial charge >= 0.3 is 5.97 Å². The van der Waals surface area contributed by atoms with Crippen LogP contribution in [0, 0.1) is 24.1 Å². The van der Waals surface area contributed by atoms with Gasteiger partial charge < -0.3 is 14.0 Å². The number of carbonyl (C=O) groups is 1. The van der Waals surface area contributed by atoms with Crippen LogP contribution in [0.4, 0.5) is 4.39 Å². The van der Waals surface area contributed by atoms with Crippen LogP contribution in [0.2, 0.25) is 0 Å². The summed E-state index contributed by atoms with van der Waals surface area (Å²) in [6, 6.07) is 12.0. The highest BCUT2D eigenvalue weighted by atomic mass is 19.1. The maximum Gasteiger partial charge on any atom is 0.338 e. The average Bonchev–Trinajstić information content (AvgIpc) is 3.11. The number of rotatable bonds is 6. The van der Waals surface area contributed by atoms with Gasteiger partial charge in [-0.1, -0.05) is 5.16 Å². The minimum Gasteiger partial charge on any atom is -0.485 e. The van der Waals surface area contributed by atoms with Crippen LogP contribution in [0.25, 0.3) is 0 Å². The first kappa shape index (κ1) is 18.1. The van der Waals surface area contributed by atoms with Crippen molar-refractivity contribution in [2.24, 2.45) is 0 Å².